The number of hydrogen-bond donors (Lipinski definition) is 0. The normalized spacial score (nSPS) is 19.1. The number of nitrogens with zero attached hydrogens (tertiary/aromatic N) is 2. The molecule has 1 atom stereocenters. The third-order valence-corrected chi connectivity index (χ3v) is 3.38. The summed E-state index contributed by atoms with van der Waals surface area (Å²) >= 11 is 0. The first-order chi connectivity index (χ1) is 7.54. The summed E-state index contributed by atoms with van der Waals surface area (Å²) < 4.78 is 32.9. The first-order valence-corrected chi connectivity index (χ1v) is 5.95. The van der Waals surface area contributed by atoms with Gasteiger partial charge in [0, 0.05) is 0 Å². The van der Waals surface area contributed by atoms with Crippen molar-refractivity contribution in [3.05, 3.63) is 47.0 Å². The maximum Gasteiger partial charge on any atom is 0.320 e. The summed E-state index contributed by atoms with van der Waals surface area (Å²) in [5, 5.41) is -1.42. The Morgan fingerprint density at radius 1 is 1.31 bits per heavy atom. The van der Waals surface area contributed by atoms with E-state index in [4.69, 9.17) is 5.53 Å². The van der Waals surface area contributed by atoms with Crippen molar-refractivity contribution in [2.24, 2.45) is 0 Å². The second kappa shape index (κ2) is 3.68. The van der Waals surface area contributed by atoms with Gasteiger partial charge in [-0.3, -0.25) is 0 Å². The molecular weight excluding hydrogens is 228 g/mol. The van der Waals surface area contributed by atoms with Crippen LogP contribution < -0.4 is 0 Å². The molecular formula is C10H7N2O3S-. The Hall–Kier alpha value is -1.75. The first kappa shape index (κ1) is 10.8. The Labute approximate surface area is 92.4 Å². The average Bonchev–Trinajstić information content (AvgIpc) is 2.26. The van der Waals surface area contributed by atoms with Crippen molar-refractivity contribution in [1.29, 1.82) is 0 Å². The number of fused-ring (bicyclic) bond motifs is 1. The Kier molecular flexibility index (Phi) is 2.47. The van der Waals surface area contributed by atoms with Crippen molar-refractivity contribution in [2.75, 3.05) is 0 Å². The fourth-order valence-corrected chi connectivity index (χ4v) is 2.37. The number of rotatable bonds is 1. The van der Waals surface area contributed by atoms with E-state index in [1.54, 1.807) is 24.3 Å². The quantitative estimate of drug-likeness (QED) is 0.406. The minimum atomic E-state index is -4.56. The molecule has 0 fully saturated rings. The van der Waals surface area contributed by atoms with Crippen LogP contribution in [0.25, 0.3) is 11.6 Å². The van der Waals surface area contributed by atoms with Crippen LogP contribution in [0.2, 0.25) is 0 Å². The molecule has 0 amide bonds. The highest BCUT2D eigenvalue weighted by Gasteiger charge is 2.33. The van der Waals surface area contributed by atoms with Crippen LogP contribution in [0.1, 0.15) is 11.1 Å². The molecule has 0 heterocycles. The van der Waals surface area contributed by atoms with E-state index in [-0.39, 0.29) is 5.71 Å². The zero-order valence-corrected chi connectivity index (χ0v) is 8.89. The number of benzene rings is 1. The minimum Gasteiger partial charge on any atom is -0.747 e. The molecule has 16 heavy (non-hydrogen) atoms. The molecule has 1 aromatic rings. The second-order valence-electron chi connectivity index (χ2n) is 3.35. The van der Waals surface area contributed by atoms with Crippen LogP contribution >= 0.6 is 0 Å². The Bertz CT molecular complexity index is 613. The maximum atomic E-state index is 11.0. The van der Waals surface area contributed by atoms with Gasteiger partial charge in [-0.2, -0.15) is 4.79 Å². The van der Waals surface area contributed by atoms with Gasteiger partial charge < -0.3 is 10.1 Å². The molecule has 1 aliphatic rings. The third kappa shape index (κ3) is 1.69. The summed E-state index contributed by atoms with van der Waals surface area (Å²) in [6.45, 7) is 0. The van der Waals surface area contributed by atoms with Crippen molar-refractivity contribution in [3.63, 3.8) is 0 Å². The number of hydrogen-bond acceptors (Lipinski definition) is 3. The van der Waals surface area contributed by atoms with Crippen molar-refractivity contribution < 1.29 is 17.8 Å². The smallest absolute Gasteiger partial charge is 0.320 e. The molecule has 0 aliphatic heterocycles. The summed E-state index contributed by atoms with van der Waals surface area (Å²) in [7, 11) is -4.56. The lowest BCUT2D eigenvalue weighted by molar-refractivity contribution is -0.00591. The van der Waals surface area contributed by atoms with Gasteiger partial charge >= 0.3 is 5.71 Å². The standard InChI is InChI=1S/C10H8N2O3S/c11-12-10-8-4-2-1-3-7(8)5-6-9(10)16(13,14)15/h1-6,9H,(H,13,14,15)/p-1. The molecule has 1 aromatic carbocycles. The van der Waals surface area contributed by atoms with E-state index in [2.05, 4.69) is 4.79 Å². The molecule has 1 aliphatic carbocycles. The zero-order chi connectivity index (χ0) is 11.8. The summed E-state index contributed by atoms with van der Waals surface area (Å²) in [5.41, 5.74) is 9.86. The predicted octanol–water partition coefficient (Wildman–Crippen LogP) is 0.646. The van der Waals surface area contributed by atoms with Gasteiger partial charge in [0.05, 0.1) is 5.56 Å². The molecule has 6 heteroatoms. The predicted molar refractivity (Wildman–Crippen MR) is 56.7 cm³/mol. The Morgan fingerprint density at radius 3 is 2.62 bits per heavy atom. The van der Waals surface area contributed by atoms with Crippen molar-refractivity contribution in [1.82, 2.24) is 0 Å². The van der Waals surface area contributed by atoms with Gasteiger partial charge in [-0.25, -0.2) is 8.42 Å². The summed E-state index contributed by atoms with van der Waals surface area (Å²) in [4.78, 5) is 2.92. The van der Waals surface area contributed by atoms with Crippen molar-refractivity contribution in [3.8, 4) is 0 Å². The summed E-state index contributed by atoms with van der Waals surface area (Å²) in [6, 6.07) is 6.79. The van der Waals surface area contributed by atoms with Crippen molar-refractivity contribution >= 4 is 21.9 Å². The highest BCUT2D eigenvalue weighted by Crippen LogP contribution is 2.21. The molecule has 1 unspecified atom stereocenters. The molecule has 0 saturated carbocycles. The van der Waals surface area contributed by atoms with E-state index in [9.17, 15) is 13.0 Å². The molecule has 82 valence electrons. The monoisotopic (exact) mass is 235 g/mol. The lowest BCUT2D eigenvalue weighted by Gasteiger charge is -2.17. The van der Waals surface area contributed by atoms with E-state index >= 15 is 0 Å². The van der Waals surface area contributed by atoms with Crippen LogP contribution in [-0.2, 0) is 10.1 Å². The summed E-state index contributed by atoms with van der Waals surface area (Å²) in [6.07, 6.45) is 2.75. The van der Waals surface area contributed by atoms with Gasteiger partial charge in [0.1, 0.15) is 10.1 Å². The largest absolute Gasteiger partial charge is 0.747 e. The van der Waals surface area contributed by atoms with E-state index in [1.807, 2.05) is 0 Å². The molecule has 5 nitrogen and oxygen atoms in total. The molecule has 0 bridgehead atoms. The third-order valence-electron chi connectivity index (χ3n) is 2.38. The van der Waals surface area contributed by atoms with Crippen LogP contribution in [0.5, 0.6) is 0 Å². The van der Waals surface area contributed by atoms with Gasteiger partial charge in [0.2, 0.25) is 0 Å². The minimum absolute atomic E-state index is 0.131. The highest BCUT2D eigenvalue weighted by molar-refractivity contribution is 7.87. The van der Waals surface area contributed by atoms with Gasteiger partial charge in [-0.1, -0.05) is 30.4 Å². The molecule has 0 spiro atoms. The first-order valence-electron chi connectivity index (χ1n) is 4.48. The van der Waals surface area contributed by atoms with Gasteiger partial charge in [0.25, 0.3) is 0 Å². The van der Waals surface area contributed by atoms with E-state index in [0.717, 1.165) is 5.56 Å². The van der Waals surface area contributed by atoms with Gasteiger partial charge in [-0.05, 0) is 11.6 Å². The summed E-state index contributed by atoms with van der Waals surface area (Å²) in [5.74, 6) is 0. The average molecular weight is 235 g/mol. The lowest BCUT2D eigenvalue weighted by Crippen LogP contribution is -2.32. The highest BCUT2D eigenvalue weighted by atomic mass is 32.2. The topological polar surface area (TPSA) is 93.6 Å². The van der Waals surface area contributed by atoms with Crippen molar-refractivity contribution in [2.45, 2.75) is 5.25 Å². The Morgan fingerprint density at radius 2 is 2.00 bits per heavy atom. The van der Waals surface area contributed by atoms with Crippen LogP contribution in [0.3, 0.4) is 0 Å². The zero-order valence-electron chi connectivity index (χ0n) is 8.07. The lowest BCUT2D eigenvalue weighted by atomic mass is 9.95. The second-order valence-corrected chi connectivity index (χ2v) is 4.84. The van der Waals surface area contributed by atoms with Crippen LogP contribution in [0.4, 0.5) is 0 Å². The Balaban J connectivity index is 2.67. The SMILES string of the molecule is [N-]=[N+]=C1c2ccccc2C=CC1S(=O)(=O)[O-]. The van der Waals surface area contributed by atoms with Crippen LogP contribution in [0.15, 0.2) is 30.3 Å². The molecule has 0 aromatic heterocycles. The van der Waals surface area contributed by atoms with Crippen LogP contribution in [-0.4, -0.2) is 28.7 Å². The fraction of sp³-hybridized carbons (Fsp3) is 0.100. The fourth-order valence-electron chi connectivity index (χ4n) is 1.65. The molecule has 0 radical (unpaired) electrons. The van der Waals surface area contributed by atoms with Crippen LogP contribution in [0, 0.1) is 0 Å². The molecule has 0 N–H and O–H groups in total. The van der Waals surface area contributed by atoms with Gasteiger partial charge in [-0.15, -0.1) is 0 Å². The maximum absolute atomic E-state index is 11.0. The molecule has 0 saturated heterocycles. The van der Waals surface area contributed by atoms with E-state index in [1.165, 1.54) is 12.2 Å². The van der Waals surface area contributed by atoms with Gasteiger partial charge in [0.15, 0.2) is 5.25 Å². The molecule has 2 rings (SSSR count). The van der Waals surface area contributed by atoms with E-state index < -0.39 is 15.4 Å². The van der Waals surface area contributed by atoms with E-state index in [0.29, 0.717) is 5.56 Å².